The number of hydrogen-bond donors (Lipinski definition) is 1. The van der Waals surface area contributed by atoms with Gasteiger partial charge in [-0.1, -0.05) is 6.07 Å². The number of halogens is 1. The molecule has 2 heterocycles. The van der Waals surface area contributed by atoms with E-state index in [2.05, 4.69) is 9.88 Å². The molecule has 0 atom stereocenters. The van der Waals surface area contributed by atoms with E-state index in [0.29, 0.717) is 54.0 Å². The molecule has 162 valence electrons. The van der Waals surface area contributed by atoms with Gasteiger partial charge in [0.05, 0.1) is 18.0 Å². The summed E-state index contributed by atoms with van der Waals surface area (Å²) in [5, 5.41) is 0.490. The molecule has 1 fully saturated rings. The number of H-pyrrole nitrogens is 1. The Bertz CT molecular complexity index is 1260. The number of nitrogens with zero attached hydrogens (tertiary/aromatic N) is 3. The number of fused-ring (bicyclic) bond motifs is 1. The zero-order chi connectivity index (χ0) is 22.1. The quantitative estimate of drug-likeness (QED) is 0.629. The number of nitrogens with one attached hydrogen (secondary N) is 1. The second-order valence-corrected chi connectivity index (χ2v) is 7.98. The number of methoxy groups -OCH3 is 1. The van der Waals surface area contributed by atoms with Crippen molar-refractivity contribution in [1.29, 1.82) is 0 Å². The van der Waals surface area contributed by atoms with Gasteiger partial charge in [0.25, 0.3) is 11.5 Å². The molecule has 0 aliphatic carbocycles. The highest BCUT2D eigenvalue weighted by atomic mass is 32.1. The third-order valence-electron chi connectivity index (χ3n) is 5.63. The van der Waals surface area contributed by atoms with Gasteiger partial charge in [0.1, 0.15) is 0 Å². The van der Waals surface area contributed by atoms with Gasteiger partial charge >= 0.3 is 0 Å². The minimum Gasteiger partial charge on any atom is -0.494 e. The van der Waals surface area contributed by atoms with Crippen molar-refractivity contribution in [2.45, 2.75) is 6.54 Å². The molecule has 0 saturated carbocycles. The Labute approximate surface area is 183 Å². The van der Waals surface area contributed by atoms with Gasteiger partial charge in [-0.3, -0.25) is 19.1 Å². The topological polar surface area (TPSA) is 70.6 Å². The number of benzene rings is 2. The fraction of sp³-hybridized carbons (Fsp3) is 0.318. The van der Waals surface area contributed by atoms with Gasteiger partial charge in [0.15, 0.2) is 16.3 Å². The van der Waals surface area contributed by atoms with Gasteiger partial charge in [-0.25, -0.2) is 4.39 Å². The molecule has 9 heteroatoms. The Hall–Kier alpha value is -3.04. The molecule has 1 amide bonds. The normalized spacial score (nSPS) is 14.7. The van der Waals surface area contributed by atoms with Crippen molar-refractivity contribution < 1.29 is 13.9 Å². The predicted molar refractivity (Wildman–Crippen MR) is 119 cm³/mol. The number of aromatic nitrogens is 2. The highest BCUT2D eigenvalue weighted by molar-refractivity contribution is 7.71. The van der Waals surface area contributed by atoms with Crippen LogP contribution in [0.5, 0.6) is 5.75 Å². The molecule has 0 radical (unpaired) electrons. The minimum absolute atomic E-state index is 0.0861. The zero-order valence-electron chi connectivity index (χ0n) is 17.4. The first kappa shape index (κ1) is 21.2. The van der Waals surface area contributed by atoms with Gasteiger partial charge < -0.3 is 14.6 Å². The largest absolute Gasteiger partial charge is 0.494 e. The van der Waals surface area contributed by atoms with Gasteiger partial charge in [0.2, 0.25) is 0 Å². The lowest BCUT2D eigenvalue weighted by molar-refractivity contribution is 0.0628. The molecule has 1 aromatic heterocycles. The number of ether oxygens (including phenoxy) is 1. The molecule has 7 nitrogen and oxygen atoms in total. The third kappa shape index (κ3) is 4.24. The van der Waals surface area contributed by atoms with Crippen LogP contribution in [-0.2, 0) is 13.6 Å². The molecule has 1 N–H and O–H groups in total. The Kier molecular flexibility index (Phi) is 5.88. The van der Waals surface area contributed by atoms with Gasteiger partial charge in [-0.15, -0.1) is 0 Å². The zero-order valence-corrected chi connectivity index (χ0v) is 18.2. The summed E-state index contributed by atoms with van der Waals surface area (Å²) in [6, 6.07) is 9.98. The predicted octanol–water partition coefficient (Wildman–Crippen LogP) is 2.70. The molecule has 0 bridgehead atoms. The van der Waals surface area contributed by atoms with E-state index in [1.807, 2.05) is 6.07 Å². The lowest BCUT2D eigenvalue weighted by atomic mass is 10.1. The number of rotatable bonds is 4. The Morgan fingerprint density at radius 2 is 1.90 bits per heavy atom. The van der Waals surface area contributed by atoms with Crippen molar-refractivity contribution in [3.8, 4) is 5.75 Å². The van der Waals surface area contributed by atoms with Crippen molar-refractivity contribution in [1.82, 2.24) is 19.4 Å². The molecule has 1 saturated heterocycles. The van der Waals surface area contributed by atoms with Crippen molar-refractivity contribution in [2.24, 2.45) is 7.05 Å². The first-order chi connectivity index (χ1) is 14.9. The van der Waals surface area contributed by atoms with E-state index >= 15 is 0 Å². The molecular weight excluding hydrogens is 419 g/mol. The van der Waals surface area contributed by atoms with Crippen molar-refractivity contribution in [3.05, 3.63) is 68.5 Å². The van der Waals surface area contributed by atoms with E-state index < -0.39 is 0 Å². The standard InChI is InChI=1S/C22H23FN4O3S/c1-25-21(29)16-5-4-15(12-18(16)24-22(25)31)20(28)27-9-7-26(8-10-27)13-14-3-6-19(30-2)17(23)11-14/h3-6,11-12H,7-10,13H2,1-2H3,(H,24,31). The molecule has 2 aromatic carbocycles. The van der Waals surface area contributed by atoms with E-state index in [-0.39, 0.29) is 23.0 Å². The summed E-state index contributed by atoms with van der Waals surface area (Å²) in [6.07, 6.45) is 0. The SMILES string of the molecule is COc1ccc(CN2CCN(C(=O)c3ccc4c(=O)n(C)c(=S)[nH]c4c3)CC2)cc1F. The lowest BCUT2D eigenvalue weighted by Crippen LogP contribution is -2.48. The van der Waals surface area contributed by atoms with Crippen LogP contribution >= 0.6 is 12.2 Å². The Morgan fingerprint density at radius 3 is 2.58 bits per heavy atom. The first-order valence-electron chi connectivity index (χ1n) is 9.94. The molecule has 0 unspecified atom stereocenters. The minimum atomic E-state index is -0.376. The van der Waals surface area contributed by atoms with Crippen LogP contribution in [0.3, 0.4) is 0 Å². The molecule has 1 aliphatic heterocycles. The number of amides is 1. The van der Waals surface area contributed by atoms with Crippen molar-refractivity contribution in [3.63, 3.8) is 0 Å². The maximum Gasteiger partial charge on any atom is 0.261 e. The van der Waals surface area contributed by atoms with E-state index in [0.717, 1.165) is 5.56 Å². The maximum atomic E-state index is 13.9. The monoisotopic (exact) mass is 442 g/mol. The first-order valence-corrected chi connectivity index (χ1v) is 10.4. The van der Waals surface area contributed by atoms with E-state index in [1.165, 1.54) is 17.7 Å². The van der Waals surface area contributed by atoms with Crippen LogP contribution < -0.4 is 10.3 Å². The van der Waals surface area contributed by atoms with E-state index in [1.54, 1.807) is 36.2 Å². The second kappa shape index (κ2) is 8.60. The maximum absolute atomic E-state index is 13.9. The highest BCUT2D eigenvalue weighted by Crippen LogP contribution is 2.20. The summed E-state index contributed by atoms with van der Waals surface area (Å²) in [4.78, 5) is 32.3. The summed E-state index contributed by atoms with van der Waals surface area (Å²) in [5.74, 6) is -0.233. The summed E-state index contributed by atoms with van der Waals surface area (Å²) >= 11 is 5.17. The van der Waals surface area contributed by atoms with E-state index in [4.69, 9.17) is 17.0 Å². The van der Waals surface area contributed by atoms with Crippen LogP contribution in [0, 0.1) is 10.6 Å². The average molecular weight is 443 g/mol. The molecule has 3 aromatic rings. The molecule has 4 rings (SSSR count). The fourth-order valence-electron chi connectivity index (χ4n) is 3.80. The van der Waals surface area contributed by atoms with Crippen LogP contribution in [0.1, 0.15) is 15.9 Å². The smallest absolute Gasteiger partial charge is 0.261 e. The van der Waals surface area contributed by atoms with E-state index in [9.17, 15) is 14.0 Å². The van der Waals surface area contributed by atoms with Gasteiger partial charge in [0, 0.05) is 45.3 Å². The van der Waals surface area contributed by atoms with Crippen LogP contribution in [0.15, 0.2) is 41.2 Å². The summed E-state index contributed by atoms with van der Waals surface area (Å²) in [7, 11) is 3.05. The summed E-state index contributed by atoms with van der Waals surface area (Å²) in [5.41, 5.74) is 1.74. The molecule has 31 heavy (non-hydrogen) atoms. The van der Waals surface area contributed by atoms with Gasteiger partial charge in [-0.05, 0) is 48.1 Å². The Balaban J connectivity index is 1.43. The van der Waals surface area contributed by atoms with Crippen molar-refractivity contribution >= 4 is 29.0 Å². The number of carbonyl (C=O) groups excluding carboxylic acids is 1. The lowest BCUT2D eigenvalue weighted by Gasteiger charge is -2.34. The van der Waals surface area contributed by atoms with Crippen molar-refractivity contribution in [2.75, 3.05) is 33.3 Å². The number of hydrogen-bond acceptors (Lipinski definition) is 5. The van der Waals surface area contributed by atoms with Crippen LogP contribution in [-0.4, -0.2) is 58.5 Å². The third-order valence-corrected chi connectivity index (χ3v) is 6.01. The highest BCUT2D eigenvalue weighted by Gasteiger charge is 2.23. The summed E-state index contributed by atoms with van der Waals surface area (Å²) in [6.45, 7) is 3.13. The number of piperazine rings is 1. The molecule has 1 aliphatic rings. The fourth-order valence-corrected chi connectivity index (χ4v) is 3.99. The number of carbonyl (C=O) groups is 1. The number of aromatic amines is 1. The van der Waals surface area contributed by atoms with Crippen LogP contribution in [0.25, 0.3) is 10.9 Å². The molecular formula is C22H23FN4O3S. The second-order valence-electron chi connectivity index (χ2n) is 7.59. The van der Waals surface area contributed by atoms with Crippen LogP contribution in [0.4, 0.5) is 4.39 Å². The molecule has 0 spiro atoms. The van der Waals surface area contributed by atoms with Crippen LogP contribution in [0.2, 0.25) is 0 Å². The summed E-state index contributed by atoms with van der Waals surface area (Å²) < 4.78 is 20.6. The van der Waals surface area contributed by atoms with Gasteiger partial charge in [-0.2, -0.15) is 0 Å². The average Bonchev–Trinajstić information content (AvgIpc) is 2.77. The Morgan fingerprint density at radius 1 is 1.16 bits per heavy atom.